The number of unbranched alkanes of at least 4 members (excludes halogenated alkanes) is 3. The average Bonchev–Trinajstić information content (AvgIpc) is 2.84. The molecular formula is C29H34F2N2O. The number of fused-ring (bicyclic) bond motifs is 1. The van der Waals surface area contributed by atoms with Crippen LogP contribution in [0.4, 0.5) is 8.78 Å². The predicted octanol–water partition coefficient (Wildman–Crippen LogP) is 8.08. The second kappa shape index (κ2) is 13.1. The first-order chi connectivity index (χ1) is 16.5. The van der Waals surface area contributed by atoms with Crippen LogP contribution in [-0.2, 0) is 11.2 Å². The van der Waals surface area contributed by atoms with Gasteiger partial charge in [0.1, 0.15) is 0 Å². The Morgan fingerprint density at radius 2 is 1.91 bits per heavy atom. The van der Waals surface area contributed by atoms with Crippen LogP contribution in [0.25, 0.3) is 28.2 Å². The van der Waals surface area contributed by atoms with Crippen LogP contribution in [0, 0.1) is 11.6 Å². The van der Waals surface area contributed by atoms with E-state index in [-0.39, 0.29) is 18.1 Å². The second-order valence-electron chi connectivity index (χ2n) is 8.61. The predicted molar refractivity (Wildman–Crippen MR) is 137 cm³/mol. The molecule has 0 saturated carbocycles. The molecule has 5 heteroatoms. The molecule has 1 heterocycles. The van der Waals surface area contributed by atoms with Crippen molar-refractivity contribution in [2.45, 2.75) is 64.9 Å². The van der Waals surface area contributed by atoms with Gasteiger partial charge in [-0.1, -0.05) is 50.1 Å². The number of ether oxygens (including phenoxy) is 1. The highest BCUT2D eigenvalue weighted by atomic mass is 19.2. The molecule has 0 radical (unpaired) electrons. The van der Waals surface area contributed by atoms with E-state index >= 15 is 0 Å². The third-order valence-electron chi connectivity index (χ3n) is 5.82. The molecular weight excluding hydrogens is 430 g/mol. The molecule has 0 N–H and O–H groups in total. The first kappa shape index (κ1) is 25.7. The fourth-order valence-corrected chi connectivity index (χ4v) is 3.85. The van der Waals surface area contributed by atoms with E-state index in [1.54, 1.807) is 42.6 Å². The Labute approximate surface area is 201 Å². The molecule has 2 aromatic carbocycles. The first-order valence-electron chi connectivity index (χ1n) is 12.2. The van der Waals surface area contributed by atoms with Gasteiger partial charge in [0, 0.05) is 12.2 Å². The van der Waals surface area contributed by atoms with Gasteiger partial charge in [-0.05, 0) is 68.4 Å². The Balaban J connectivity index is 1.59. The van der Waals surface area contributed by atoms with Gasteiger partial charge in [0.15, 0.2) is 11.6 Å². The molecule has 0 bridgehead atoms. The van der Waals surface area contributed by atoms with Gasteiger partial charge in [-0.15, -0.1) is 6.58 Å². The van der Waals surface area contributed by atoms with Crippen LogP contribution in [0.15, 0.2) is 55.3 Å². The van der Waals surface area contributed by atoms with Gasteiger partial charge in [0.25, 0.3) is 0 Å². The molecule has 0 spiro atoms. The van der Waals surface area contributed by atoms with Crippen LogP contribution >= 0.6 is 0 Å². The molecule has 3 aromatic rings. The van der Waals surface area contributed by atoms with Crippen molar-refractivity contribution in [1.29, 1.82) is 0 Å². The lowest BCUT2D eigenvalue weighted by Crippen LogP contribution is -2.08. The van der Waals surface area contributed by atoms with Crippen molar-refractivity contribution in [1.82, 2.24) is 9.97 Å². The summed E-state index contributed by atoms with van der Waals surface area (Å²) in [6.07, 6.45) is 14.5. The Morgan fingerprint density at radius 3 is 2.71 bits per heavy atom. The number of rotatable bonds is 13. The van der Waals surface area contributed by atoms with Crippen molar-refractivity contribution in [2.75, 3.05) is 6.61 Å². The Hall–Kier alpha value is -2.92. The summed E-state index contributed by atoms with van der Waals surface area (Å²) in [6, 6.07) is 8.47. The summed E-state index contributed by atoms with van der Waals surface area (Å²) in [7, 11) is 0. The topological polar surface area (TPSA) is 35.0 Å². The normalized spacial score (nSPS) is 12.5. The van der Waals surface area contributed by atoms with Gasteiger partial charge in [0.05, 0.1) is 29.0 Å². The van der Waals surface area contributed by atoms with Gasteiger partial charge in [-0.25, -0.2) is 13.8 Å². The maximum absolute atomic E-state index is 14.6. The summed E-state index contributed by atoms with van der Waals surface area (Å²) in [4.78, 5) is 9.11. The molecule has 0 aliphatic carbocycles. The van der Waals surface area contributed by atoms with Crippen LogP contribution in [0.3, 0.4) is 0 Å². The lowest BCUT2D eigenvalue weighted by molar-refractivity contribution is 0.0566. The molecule has 0 saturated heterocycles. The number of allylic oxidation sites excluding steroid dienone is 2. The van der Waals surface area contributed by atoms with Crippen molar-refractivity contribution >= 4 is 17.1 Å². The van der Waals surface area contributed by atoms with Gasteiger partial charge in [0.2, 0.25) is 0 Å². The maximum atomic E-state index is 14.6. The highest BCUT2D eigenvalue weighted by Gasteiger charge is 2.14. The minimum absolute atomic E-state index is 0.210. The second-order valence-corrected chi connectivity index (χ2v) is 8.61. The van der Waals surface area contributed by atoms with E-state index in [0.29, 0.717) is 22.2 Å². The lowest BCUT2D eigenvalue weighted by Gasteiger charge is -2.11. The lowest BCUT2D eigenvalue weighted by atomic mass is 10.0. The van der Waals surface area contributed by atoms with Crippen molar-refractivity contribution in [2.24, 2.45) is 0 Å². The fourth-order valence-electron chi connectivity index (χ4n) is 3.85. The summed E-state index contributed by atoms with van der Waals surface area (Å²) in [6.45, 7) is 8.76. The summed E-state index contributed by atoms with van der Waals surface area (Å²) in [5.41, 5.74) is 3.19. The molecule has 34 heavy (non-hydrogen) atoms. The summed E-state index contributed by atoms with van der Waals surface area (Å²) in [5, 5.41) is 0. The smallest absolute Gasteiger partial charge is 0.166 e. The molecule has 3 rings (SSSR count). The number of hydrogen-bond donors (Lipinski definition) is 0. The molecule has 0 amide bonds. The SMILES string of the molecule is C=CCc1ccc(-c2ccc3nc(/C=C/CCCC(C)OCCCCC)cnc3c2)c(F)c1F. The van der Waals surface area contributed by atoms with Gasteiger partial charge in [-0.3, -0.25) is 4.98 Å². The van der Waals surface area contributed by atoms with Crippen molar-refractivity contribution in [3.05, 3.63) is 78.2 Å². The van der Waals surface area contributed by atoms with Crippen LogP contribution in [-0.4, -0.2) is 22.7 Å². The number of halogens is 2. The largest absolute Gasteiger partial charge is 0.379 e. The monoisotopic (exact) mass is 464 g/mol. The van der Waals surface area contributed by atoms with Crippen molar-refractivity contribution in [3.8, 4) is 11.1 Å². The quantitative estimate of drug-likeness (QED) is 0.189. The van der Waals surface area contributed by atoms with Gasteiger partial charge < -0.3 is 4.74 Å². The third kappa shape index (κ3) is 7.04. The van der Waals surface area contributed by atoms with Crippen LogP contribution in [0.1, 0.15) is 63.6 Å². The number of benzene rings is 2. The third-order valence-corrected chi connectivity index (χ3v) is 5.82. The van der Waals surface area contributed by atoms with Crippen LogP contribution in [0.2, 0.25) is 0 Å². The van der Waals surface area contributed by atoms with E-state index in [9.17, 15) is 8.78 Å². The molecule has 0 aliphatic heterocycles. The molecule has 3 nitrogen and oxygen atoms in total. The van der Waals surface area contributed by atoms with Crippen LogP contribution < -0.4 is 0 Å². The standard InChI is InChI=1S/C29H34F2N2O/c1-4-6-10-18-34-21(3)12-8-7-9-13-24-20-32-27-19-23(15-17-26(27)33-24)25-16-14-22(11-5-2)28(30)29(25)31/h5,9,13-17,19-21H,2,4,6-8,10-12,18H2,1,3H3/b13-9+. The zero-order valence-electron chi connectivity index (χ0n) is 20.2. The summed E-state index contributed by atoms with van der Waals surface area (Å²) in [5.74, 6) is -1.69. The first-order valence-corrected chi connectivity index (χ1v) is 12.2. The van der Waals surface area contributed by atoms with Gasteiger partial charge in [-0.2, -0.15) is 0 Å². The molecule has 0 fully saturated rings. The summed E-state index contributed by atoms with van der Waals surface area (Å²) < 4.78 is 34.8. The Kier molecular flexibility index (Phi) is 9.89. The maximum Gasteiger partial charge on any atom is 0.166 e. The minimum Gasteiger partial charge on any atom is -0.379 e. The fraction of sp³-hybridized carbons (Fsp3) is 0.379. The van der Waals surface area contributed by atoms with E-state index in [2.05, 4.69) is 36.5 Å². The zero-order valence-corrected chi connectivity index (χ0v) is 20.2. The van der Waals surface area contributed by atoms with Gasteiger partial charge >= 0.3 is 0 Å². The van der Waals surface area contributed by atoms with Crippen LogP contribution in [0.5, 0.6) is 0 Å². The van der Waals surface area contributed by atoms with E-state index in [1.165, 1.54) is 12.8 Å². The van der Waals surface area contributed by atoms with E-state index in [1.807, 2.05) is 6.08 Å². The van der Waals surface area contributed by atoms with E-state index in [4.69, 9.17) is 4.74 Å². The average molecular weight is 465 g/mol. The van der Waals surface area contributed by atoms with Crippen molar-refractivity contribution in [3.63, 3.8) is 0 Å². The Bertz CT molecular complexity index is 1130. The molecule has 0 aliphatic rings. The Morgan fingerprint density at radius 1 is 1.06 bits per heavy atom. The zero-order chi connectivity index (χ0) is 24.3. The number of nitrogens with zero attached hydrogens (tertiary/aromatic N) is 2. The van der Waals surface area contributed by atoms with E-state index in [0.717, 1.165) is 38.0 Å². The summed E-state index contributed by atoms with van der Waals surface area (Å²) >= 11 is 0. The number of hydrogen-bond acceptors (Lipinski definition) is 3. The van der Waals surface area contributed by atoms with Crippen molar-refractivity contribution < 1.29 is 13.5 Å². The highest BCUT2D eigenvalue weighted by molar-refractivity contribution is 5.82. The molecule has 1 atom stereocenters. The minimum atomic E-state index is -0.855. The number of aromatic nitrogens is 2. The van der Waals surface area contributed by atoms with E-state index < -0.39 is 11.6 Å². The molecule has 180 valence electrons. The molecule has 1 unspecified atom stereocenters. The molecule has 1 aromatic heterocycles. The highest BCUT2D eigenvalue weighted by Crippen LogP contribution is 2.28.